The molecule has 1 unspecified atom stereocenters. The zero-order valence-electron chi connectivity index (χ0n) is 13.1. The number of benzene rings is 1. The summed E-state index contributed by atoms with van der Waals surface area (Å²) in [5, 5.41) is 0. The number of aromatic nitrogens is 2. The van der Waals surface area contributed by atoms with E-state index < -0.39 is 5.54 Å². The predicted octanol–water partition coefficient (Wildman–Crippen LogP) is 2.19. The molecule has 0 saturated heterocycles. The lowest BCUT2D eigenvalue weighted by atomic mass is 9.90. The molecule has 5 nitrogen and oxygen atoms in total. The van der Waals surface area contributed by atoms with Crippen molar-refractivity contribution in [1.82, 2.24) is 9.55 Å². The van der Waals surface area contributed by atoms with E-state index in [0.29, 0.717) is 23.6 Å². The second-order valence-corrected chi connectivity index (χ2v) is 6.80. The Morgan fingerprint density at radius 1 is 1.35 bits per heavy atom. The molecule has 4 rings (SSSR count). The highest BCUT2D eigenvalue weighted by Gasteiger charge is 2.36. The number of imidazole rings is 1. The molecule has 1 fully saturated rings. The van der Waals surface area contributed by atoms with Gasteiger partial charge in [-0.15, -0.1) is 0 Å². The van der Waals surface area contributed by atoms with Gasteiger partial charge < -0.3 is 16.0 Å². The van der Waals surface area contributed by atoms with Crippen molar-refractivity contribution in [1.29, 1.82) is 0 Å². The first-order valence-corrected chi connectivity index (χ1v) is 7.92. The van der Waals surface area contributed by atoms with Gasteiger partial charge in [-0.1, -0.05) is 0 Å². The molecule has 2 aromatic rings. The minimum Gasteiger partial charge on any atom is -0.399 e. The number of nitrogens with two attached hydrogens (primary N) is 2. The van der Waals surface area contributed by atoms with E-state index >= 15 is 0 Å². The van der Waals surface area contributed by atoms with Crippen LogP contribution in [0.1, 0.15) is 36.8 Å². The highest BCUT2D eigenvalue weighted by atomic mass is 19.1. The molecule has 23 heavy (non-hydrogen) atoms. The predicted molar refractivity (Wildman–Crippen MR) is 87.5 cm³/mol. The summed E-state index contributed by atoms with van der Waals surface area (Å²) >= 11 is 0. The van der Waals surface area contributed by atoms with E-state index in [1.807, 2.05) is 6.92 Å². The minimum atomic E-state index is -0.782. The topological polar surface area (TPSA) is 82.2 Å². The lowest BCUT2D eigenvalue weighted by Crippen LogP contribution is -2.38. The van der Waals surface area contributed by atoms with Crippen LogP contribution in [-0.4, -0.2) is 15.4 Å². The van der Waals surface area contributed by atoms with Gasteiger partial charge in [0.15, 0.2) is 0 Å². The van der Waals surface area contributed by atoms with Crippen molar-refractivity contribution in [3.63, 3.8) is 0 Å². The average molecular weight is 313 g/mol. The van der Waals surface area contributed by atoms with Crippen LogP contribution in [0.2, 0.25) is 0 Å². The molecular formula is C17H20FN5. The molecule has 4 N–H and O–H groups in total. The lowest BCUT2D eigenvalue weighted by Gasteiger charge is -2.32. The van der Waals surface area contributed by atoms with Gasteiger partial charge in [-0.05, 0) is 43.9 Å². The van der Waals surface area contributed by atoms with Crippen molar-refractivity contribution >= 4 is 11.5 Å². The van der Waals surface area contributed by atoms with Crippen LogP contribution in [-0.2, 0) is 18.5 Å². The van der Waals surface area contributed by atoms with Gasteiger partial charge in [-0.3, -0.25) is 4.99 Å². The molecule has 1 aromatic heterocycles. The smallest absolute Gasteiger partial charge is 0.145 e. The van der Waals surface area contributed by atoms with Crippen LogP contribution in [0.4, 0.5) is 10.1 Å². The molecule has 6 heteroatoms. The molecule has 1 aliphatic carbocycles. The maximum absolute atomic E-state index is 14.4. The van der Waals surface area contributed by atoms with Crippen LogP contribution >= 0.6 is 0 Å². The van der Waals surface area contributed by atoms with Crippen LogP contribution in [0, 0.1) is 11.7 Å². The van der Waals surface area contributed by atoms with Crippen LogP contribution in [0.15, 0.2) is 29.4 Å². The van der Waals surface area contributed by atoms with Crippen LogP contribution in [0.5, 0.6) is 0 Å². The summed E-state index contributed by atoms with van der Waals surface area (Å²) in [6.45, 7) is 2.41. The molecule has 1 saturated carbocycles. The normalized spacial score (nSPS) is 23.5. The Hall–Kier alpha value is -2.37. The van der Waals surface area contributed by atoms with Crippen molar-refractivity contribution in [3.05, 3.63) is 47.3 Å². The van der Waals surface area contributed by atoms with Crippen LogP contribution in [0.25, 0.3) is 0 Å². The molecule has 1 aromatic carbocycles. The summed E-state index contributed by atoms with van der Waals surface area (Å²) < 4.78 is 16.4. The van der Waals surface area contributed by atoms with Gasteiger partial charge in [0.1, 0.15) is 28.7 Å². The summed E-state index contributed by atoms with van der Waals surface area (Å²) in [6, 6.07) is 4.59. The first kappa shape index (κ1) is 14.2. The molecule has 0 radical (unpaired) electrons. The third-order valence-electron chi connectivity index (χ3n) is 4.77. The highest BCUT2D eigenvalue weighted by Crippen LogP contribution is 2.37. The summed E-state index contributed by atoms with van der Waals surface area (Å²) in [4.78, 5) is 9.09. The van der Waals surface area contributed by atoms with Gasteiger partial charge in [0, 0.05) is 17.7 Å². The highest BCUT2D eigenvalue weighted by molar-refractivity contribution is 5.96. The Kier molecular flexibility index (Phi) is 2.98. The Bertz CT molecular complexity index is 805. The number of nitrogens with zero attached hydrogens (tertiary/aromatic N) is 3. The van der Waals surface area contributed by atoms with E-state index in [-0.39, 0.29) is 5.82 Å². The van der Waals surface area contributed by atoms with Gasteiger partial charge >= 0.3 is 0 Å². The Balaban J connectivity index is 1.78. The summed E-state index contributed by atoms with van der Waals surface area (Å²) in [7, 11) is 0. The van der Waals surface area contributed by atoms with E-state index in [0.717, 1.165) is 23.9 Å². The second-order valence-electron chi connectivity index (χ2n) is 6.80. The fourth-order valence-corrected chi connectivity index (χ4v) is 3.31. The zero-order chi connectivity index (χ0) is 16.2. The molecule has 2 heterocycles. The molecule has 2 aliphatic rings. The molecule has 0 bridgehead atoms. The standard InChI is InChI=1S/C17H20FN5/c1-17(12-7-11(19)4-5-13(12)18)9-23-14(16(20)22-17)8-21-15(23)6-10-2-3-10/h4-5,7-8,10H,2-3,6,9,19H2,1H3,(H2,20,22). The summed E-state index contributed by atoms with van der Waals surface area (Å²) in [6.07, 6.45) is 5.23. The monoisotopic (exact) mass is 313 g/mol. The SMILES string of the molecule is CC1(c2cc(N)ccc2F)Cn2c(cnc2CC2CC2)C(N)=N1. The number of hydrogen-bond acceptors (Lipinski definition) is 4. The van der Waals surface area contributed by atoms with Gasteiger partial charge in [0.2, 0.25) is 0 Å². The van der Waals surface area contributed by atoms with Gasteiger partial charge in [-0.2, -0.15) is 0 Å². The van der Waals surface area contributed by atoms with E-state index in [4.69, 9.17) is 11.5 Å². The molecule has 1 atom stereocenters. The van der Waals surface area contributed by atoms with E-state index in [1.54, 1.807) is 18.3 Å². The van der Waals surface area contributed by atoms with Crippen molar-refractivity contribution in [2.24, 2.45) is 16.6 Å². The van der Waals surface area contributed by atoms with Gasteiger partial charge in [0.25, 0.3) is 0 Å². The molecule has 120 valence electrons. The summed E-state index contributed by atoms with van der Waals surface area (Å²) in [5.74, 6) is 1.81. The quantitative estimate of drug-likeness (QED) is 0.852. The fourth-order valence-electron chi connectivity index (χ4n) is 3.31. The van der Waals surface area contributed by atoms with Crippen LogP contribution in [0.3, 0.4) is 0 Å². The zero-order valence-corrected chi connectivity index (χ0v) is 13.1. The minimum absolute atomic E-state index is 0.314. The third kappa shape index (κ3) is 2.38. The maximum Gasteiger partial charge on any atom is 0.145 e. The first-order valence-electron chi connectivity index (χ1n) is 7.92. The Labute approximate surface area is 134 Å². The van der Waals surface area contributed by atoms with Crippen molar-refractivity contribution in [3.8, 4) is 0 Å². The second kappa shape index (κ2) is 4.81. The number of nitrogen functional groups attached to an aromatic ring is 1. The lowest BCUT2D eigenvalue weighted by molar-refractivity contribution is 0.376. The van der Waals surface area contributed by atoms with Crippen molar-refractivity contribution < 1.29 is 4.39 Å². The van der Waals surface area contributed by atoms with E-state index in [1.165, 1.54) is 18.9 Å². The summed E-state index contributed by atoms with van der Waals surface area (Å²) in [5.41, 5.74) is 13.0. The number of halogens is 1. The molecule has 1 aliphatic heterocycles. The number of anilines is 1. The van der Waals surface area contributed by atoms with E-state index in [2.05, 4.69) is 14.5 Å². The molecule has 0 spiro atoms. The average Bonchev–Trinajstić information content (AvgIpc) is 3.22. The van der Waals surface area contributed by atoms with Crippen molar-refractivity contribution in [2.75, 3.05) is 5.73 Å². The number of aliphatic imine (C=N–C) groups is 1. The number of rotatable bonds is 3. The number of fused-ring (bicyclic) bond motifs is 1. The Morgan fingerprint density at radius 3 is 2.87 bits per heavy atom. The van der Waals surface area contributed by atoms with E-state index in [9.17, 15) is 4.39 Å². The number of hydrogen-bond donors (Lipinski definition) is 2. The maximum atomic E-state index is 14.4. The fraction of sp³-hybridized carbons (Fsp3) is 0.412. The Morgan fingerprint density at radius 2 is 2.13 bits per heavy atom. The van der Waals surface area contributed by atoms with Gasteiger partial charge in [-0.25, -0.2) is 9.37 Å². The third-order valence-corrected chi connectivity index (χ3v) is 4.77. The first-order chi connectivity index (χ1) is 11.0. The largest absolute Gasteiger partial charge is 0.399 e. The van der Waals surface area contributed by atoms with Crippen LogP contribution < -0.4 is 11.5 Å². The van der Waals surface area contributed by atoms with Crippen molar-refractivity contribution in [2.45, 2.75) is 38.3 Å². The number of amidine groups is 1. The van der Waals surface area contributed by atoms with Gasteiger partial charge in [0.05, 0.1) is 12.7 Å². The molecular weight excluding hydrogens is 293 g/mol. The molecule has 0 amide bonds.